The molecule has 1 aliphatic heterocycles. The van der Waals surface area contributed by atoms with Gasteiger partial charge in [0.25, 0.3) is 5.91 Å². The molecule has 0 aromatic heterocycles. The number of rotatable bonds is 3. The first-order valence-electron chi connectivity index (χ1n) is 6.10. The summed E-state index contributed by atoms with van der Waals surface area (Å²) in [6, 6.07) is 4.84. The Bertz CT molecular complexity index is 442. The second-order valence-corrected chi connectivity index (χ2v) is 5.41. The molecule has 1 atom stereocenters. The van der Waals surface area contributed by atoms with Crippen molar-refractivity contribution in [1.82, 2.24) is 10.2 Å². The Hall–Kier alpha value is -0.810. The number of halogens is 2. The number of hydrogen-bond acceptors (Lipinski definition) is 3. The quantitative estimate of drug-likeness (QED) is 0.929. The lowest BCUT2D eigenvalue weighted by atomic mass is 10.2. The first kappa shape index (κ1) is 14.6. The minimum atomic E-state index is -0.112. The third-order valence-corrected chi connectivity index (χ3v) is 3.37. The molecule has 1 heterocycles. The van der Waals surface area contributed by atoms with Crippen LogP contribution in [0.15, 0.2) is 18.2 Å². The SMILES string of the molecule is CN(CC1CNCCO1)C(=O)c1cc(Cl)cc(Cl)c1. The van der Waals surface area contributed by atoms with Crippen LogP contribution in [0.25, 0.3) is 0 Å². The summed E-state index contributed by atoms with van der Waals surface area (Å²) in [7, 11) is 1.75. The Balaban J connectivity index is 2.01. The molecule has 4 nitrogen and oxygen atoms in total. The molecule has 0 radical (unpaired) electrons. The second-order valence-electron chi connectivity index (χ2n) is 4.54. The lowest BCUT2D eigenvalue weighted by Crippen LogP contribution is -2.45. The fourth-order valence-electron chi connectivity index (χ4n) is 2.02. The predicted molar refractivity (Wildman–Crippen MR) is 76.0 cm³/mol. The minimum Gasteiger partial charge on any atom is -0.374 e. The zero-order valence-corrected chi connectivity index (χ0v) is 12.2. The molecule has 1 saturated heterocycles. The maximum atomic E-state index is 12.3. The molecule has 1 N–H and O–H groups in total. The van der Waals surface area contributed by atoms with E-state index >= 15 is 0 Å². The topological polar surface area (TPSA) is 41.6 Å². The van der Waals surface area contributed by atoms with Gasteiger partial charge in [0, 0.05) is 42.3 Å². The summed E-state index contributed by atoms with van der Waals surface area (Å²) in [5.41, 5.74) is 0.490. The van der Waals surface area contributed by atoms with Crippen molar-refractivity contribution in [2.45, 2.75) is 6.10 Å². The number of morpholine rings is 1. The average molecular weight is 303 g/mol. The van der Waals surface area contributed by atoms with Crippen LogP contribution in [0.4, 0.5) is 0 Å². The summed E-state index contributed by atoms with van der Waals surface area (Å²) in [4.78, 5) is 13.9. The lowest BCUT2D eigenvalue weighted by molar-refractivity contribution is 0.0104. The number of benzene rings is 1. The number of carbonyl (C=O) groups excluding carboxylic acids is 1. The average Bonchev–Trinajstić information content (AvgIpc) is 2.37. The molecule has 0 saturated carbocycles. The van der Waals surface area contributed by atoms with Crippen LogP contribution in [0.2, 0.25) is 10.0 Å². The number of hydrogen-bond donors (Lipinski definition) is 1. The van der Waals surface area contributed by atoms with Crippen molar-refractivity contribution < 1.29 is 9.53 Å². The molecule has 1 aliphatic rings. The van der Waals surface area contributed by atoms with Gasteiger partial charge in [-0.05, 0) is 18.2 Å². The predicted octanol–water partition coefficient (Wildman–Crippen LogP) is 2.05. The van der Waals surface area contributed by atoms with E-state index in [2.05, 4.69) is 5.32 Å². The summed E-state index contributed by atoms with van der Waals surface area (Å²) in [6.07, 6.45) is 0.0253. The third-order valence-electron chi connectivity index (χ3n) is 2.94. The highest BCUT2D eigenvalue weighted by molar-refractivity contribution is 6.35. The van der Waals surface area contributed by atoms with Gasteiger partial charge < -0.3 is 15.0 Å². The van der Waals surface area contributed by atoms with Gasteiger partial charge in [0.15, 0.2) is 0 Å². The number of carbonyl (C=O) groups is 1. The van der Waals surface area contributed by atoms with E-state index in [1.54, 1.807) is 30.1 Å². The van der Waals surface area contributed by atoms with E-state index in [9.17, 15) is 4.79 Å². The van der Waals surface area contributed by atoms with Crippen LogP contribution in [0.3, 0.4) is 0 Å². The van der Waals surface area contributed by atoms with E-state index in [1.807, 2.05) is 0 Å². The molecule has 2 rings (SSSR count). The highest BCUT2D eigenvalue weighted by Gasteiger charge is 2.20. The molecule has 0 aliphatic carbocycles. The van der Waals surface area contributed by atoms with Crippen molar-refractivity contribution >= 4 is 29.1 Å². The molecule has 1 aromatic carbocycles. The molecule has 1 fully saturated rings. The Kier molecular flexibility index (Phi) is 5.05. The number of likely N-dealkylation sites (N-methyl/N-ethyl adjacent to an activating group) is 1. The van der Waals surface area contributed by atoms with E-state index < -0.39 is 0 Å². The number of nitrogens with one attached hydrogen (secondary N) is 1. The van der Waals surface area contributed by atoms with Gasteiger partial charge in [-0.25, -0.2) is 0 Å². The zero-order valence-electron chi connectivity index (χ0n) is 10.7. The van der Waals surface area contributed by atoms with Crippen LogP contribution in [0.1, 0.15) is 10.4 Å². The standard InChI is InChI=1S/C13H16Cl2N2O2/c1-17(8-12-7-16-2-3-19-12)13(18)9-4-10(14)6-11(15)5-9/h4-6,12,16H,2-3,7-8H2,1H3. The molecule has 1 aromatic rings. The number of nitrogens with zero attached hydrogens (tertiary/aromatic N) is 1. The van der Waals surface area contributed by atoms with E-state index in [0.29, 0.717) is 28.8 Å². The van der Waals surface area contributed by atoms with Crippen molar-refractivity contribution in [3.05, 3.63) is 33.8 Å². The van der Waals surface area contributed by atoms with Crippen molar-refractivity contribution in [2.24, 2.45) is 0 Å². The molecule has 1 unspecified atom stereocenters. The van der Waals surface area contributed by atoms with E-state index in [1.165, 1.54) is 0 Å². The lowest BCUT2D eigenvalue weighted by Gasteiger charge is -2.28. The van der Waals surface area contributed by atoms with Gasteiger partial charge in [-0.2, -0.15) is 0 Å². The highest BCUT2D eigenvalue weighted by atomic mass is 35.5. The largest absolute Gasteiger partial charge is 0.374 e. The number of amides is 1. The Morgan fingerprint density at radius 2 is 2.11 bits per heavy atom. The van der Waals surface area contributed by atoms with Crippen molar-refractivity contribution in [2.75, 3.05) is 33.3 Å². The highest BCUT2D eigenvalue weighted by Crippen LogP contribution is 2.20. The normalized spacial score (nSPS) is 19.2. The van der Waals surface area contributed by atoms with Crippen LogP contribution in [-0.4, -0.2) is 50.2 Å². The molecule has 1 amide bonds. The molecule has 0 bridgehead atoms. The van der Waals surface area contributed by atoms with Gasteiger partial charge >= 0.3 is 0 Å². The van der Waals surface area contributed by atoms with Crippen LogP contribution in [-0.2, 0) is 4.74 Å². The molecule has 0 spiro atoms. The third kappa shape index (κ3) is 4.08. The van der Waals surface area contributed by atoms with Crippen LogP contribution in [0.5, 0.6) is 0 Å². The summed E-state index contributed by atoms with van der Waals surface area (Å²) in [5.74, 6) is -0.112. The summed E-state index contributed by atoms with van der Waals surface area (Å²) >= 11 is 11.8. The van der Waals surface area contributed by atoms with E-state index in [4.69, 9.17) is 27.9 Å². The first-order chi connectivity index (χ1) is 9.06. The molecule has 104 valence electrons. The van der Waals surface area contributed by atoms with Crippen LogP contribution < -0.4 is 5.32 Å². The fourth-order valence-corrected chi connectivity index (χ4v) is 2.55. The van der Waals surface area contributed by atoms with Crippen LogP contribution >= 0.6 is 23.2 Å². The van der Waals surface area contributed by atoms with Gasteiger partial charge in [-0.1, -0.05) is 23.2 Å². The summed E-state index contributed by atoms with van der Waals surface area (Å²) in [5, 5.41) is 4.15. The second kappa shape index (κ2) is 6.57. The minimum absolute atomic E-state index is 0.0253. The fraction of sp³-hybridized carbons (Fsp3) is 0.462. The van der Waals surface area contributed by atoms with Crippen molar-refractivity contribution in [1.29, 1.82) is 0 Å². The summed E-state index contributed by atoms with van der Waals surface area (Å²) < 4.78 is 5.57. The Morgan fingerprint density at radius 3 is 2.68 bits per heavy atom. The van der Waals surface area contributed by atoms with Crippen molar-refractivity contribution in [3.8, 4) is 0 Å². The first-order valence-corrected chi connectivity index (χ1v) is 6.86. The van der Waals surface area contributed by atoms with Crippen molar-refractivity contribution in [3.63, 3.8) is 0 Å². The van der Waals surface area contributed by atoms with Gasteiger partial charge in [0.05, 0.1) is 12.7 Å². The molecule has 19 heavy (non-hydrogen) atoms. The van der Waals surface area contributed by atoms with E-state index in [-0.39, 0.29) is 12.0 Å². The molecular weight excluding hydrogens is 287 g/mol. The summed E-state index contributed by atoms with van der Waals surface area (Å²) in [6.45, 7) is 2.83. The van der Waals surface area contributed by atoms with Gasteiger partial charge in [-0.15, -0.1) is 0 Å². The number of ether oxygens (including phenoxy) is 1. The van der Waals surface area contributed by atoms with Gasteiger partial charge in [-0.3, -0.25) is 4.79 Å². The Labute approximate surface area is 122 Å². The molecule has 6 heteroatoms. The maximum Gasteiger partial charge on any atom is 0.253 e. The van der Waals surface area contributed by atoms with Gasteiger partial charge in [0.1, 0.15) is 0 Å². The zero-order chi connectivity index (χ0) is 13.8. The maximum absolute atomic E-state index is 12.3. The van der Waals surface area contributed by atoms with Crippen LogP contribution in [0, 0.1) is 0 Å². The van der Waals surface area contributed by atoms with E-state index in [0.717, 1.165) is 13.1 Å². The van der Waals surface area contributed by atoms with Gasteiger partial charge in [0.2, 0.25) is 0 Å². The Morgan fingerprint density at radius 1 is 1.42 bits per heavy atom. The monoisotopic (exact) mass is 302 g/mol. The molecular formula is C13H16Cl2N2O2. The smallest absolute Gasteiger partial charge is 0.253 e.